The summed E-state index contributed by atoms with van der Waals surface area (Å²) < 4.78 is 27.9. The second-order valence-corrected chi connectivity index (χ2v) is 8.67. The van der Waals surface area contributed by atoms with Gasteiger partial charge < -0.3 is 21.3 Å². The zero-order valence-electron chi connectivity index (χ0n) is 17.7. The molecule has 1 aliphatic rings. The fourth-order valence-corrected chi connectivity index (χ4v) is 4.49. The van der Waals surface area contributed by atoms with Gasteiger partial charge in [0.25, 0.3) is 5.91 Å². The van der Waals surface area contributed by atoms with E-state index in [1.165, 1.54) is 18.9 Å². The molecule has 4 N–H and O–H groups in total. The zero-order chi connectivity index (χ0) is 23.4. The van der Waals surface area contributed by atoms with Gasteiger partial charge >= 0.3 is 0 Å². The molecule has 0 unspecified atom stereocenters. The number of amides is 1. The molecule has 1 aromatic heterocycles. The molecule has 4 rings (SSSR count). The van der Waals surface area contributed by atoms with Crippen LogP contribution in [-0.4, -0.2) is 47.8 Å². The number of hydrogen-bond donors (Lipinski definition) is 3. The molecule has 3 aromatic rings. The highest BCUT2D eigenvalue weighted by Crippen LogP contribution is 2.31. The summed E-state index contributed by atoms with van der Waals surface area (Å²) in [6.45, 7) is 3.60. The molecule has 172 valence electrons. The number of nitrogens with two attached hydrogens (primary N) is 1. The van der Waals surface area contributed by atoms with Gasteiger partial charge in [0.15, 0.2) is 5.13 Å². The predicted octanol–water partition coefficient (Wildman–Crippen LogP) is 3.80. The Kier molecular flexibility index (Phi) is 6.95. The number of carbonyl (C=O) groups excluding carboxylic acids is 2. The lowest BCUT2D eigenvalue weighted by Crippen LogP contribution is -2.33. The van der Waals surface area contributed by atoms with E-state index in [4.69, 9.17) is 5.73 Å². The van der Waals surface area contributed by atoms with Gasteiger partial charge in [-0.05, 0) is 62.3 Å². The third-order valence-electron chi connectivity index (χ3n) is 5.36. The topological polar surface area (TPSA) is 100 Å². The van der Waals surface area contributed by atoms with Crippen molar-refractivity contribution in [2.24, 2.45) is 0 Å². The van der Waals surface area contributed by atoms with E-state index in [1.807, 2.05) is 0 Å². The van der Waals surface area contributed by atoms with Crippen LogP contribution in [0.3, 0.4) is 0 Å². The van der Waals surface area contributed by atoms with E-state index < -0.39 is 23.0 Å². The number of benzene rings is 2. The number of nitrogen functional groups attached to an aromatic ring is 1. The number of nitrogens with zero attached hydrogens (tertiary/aromatic N) is 2. The fourth-order valence-electron chi connectivity index (χ4n) is 3.64. The van der Waals surface area contributed by atoms with Crippen molar-refractivity contribution in [3.8, 4) is 0 Å². The summed E-state index contributed by atoms with van der Waals surface area (Å²) in [5, 5.41) is 6.20. The lowest BCUT2D eigenvalue weighted by molar-refractivity contribution is 0.0949. The molecule has 0 atom stereocenters. The number of thiazole rings is 1. The van der Waals surface area contributed by atoms with Gasteiger partial charge in [-0.25, -0.2) is 13.8 Å². The van der Waals surface area contributed by atoms with Gasteiger partial charge in [-0.3, -0.25) is 9.59 Å². The molecule has 0 aliphatic carbocycles. The third kappa shape index (κ3) is 5.35. The van der Waals surface area contributed by atoms with Gasteiger partial charge in [0.2, 0.25) is 5.78 Å². The Balaban J connectivity index is 1.38. The minimum Gasteiger partial charge on any atom is -0.382 e. The van der Waals surface area contributed by atoms with E-state index in [0.717, 1.165) is 43.1 Å². The summed E-state index contributed by atoms with van der Waals surface area (Å²) in [4.78, 5) is 31.3. The SMILES string of the molecule is Nc1nc(Nc2ccc(C(=O)NCCN3CCCC3)cc2)sc1C(=O)c1c(F)cccc1F. The molecule has 0 saturated carbocycles. The average molecular weight is 472 g/mol. The predicted molar refractivity (Wildman–Crippen MR) is 124 cm³/mol. The summed E-state index contributed by atoms with van der Waals surface area (Å²) in [7, 11) is 0. The van der Waals surface area contributed by atoms with Crippen LogP contribution in [0, 0.1) is 11.6 Å². The number of halogens is 2. The van der Waals surface area contributed by atoms with Crippen LogP contribution in [0.4, 0.5) is 25.4 Å². The van der Waals surface area contributed by atoms with Crippen LogP contribution >= 0.6 is 11.3 Å². The molecule has 1 amide bonds. The van der Waals surface area contributed by atoms with E-state index in [2.05, 4.69) is 20.5 Å². The molecular weight excluding hydrogens is 448 g/mol. The first-order chi connectivity index (χ1) is 15.9. The maximum atomic E-state index is 14.0. The van der Waals surface area contributed by atoms with Gasteiger partial charge in [0.1, 0.15) is 22.3 Å². The van der Waals surface area contributed by atoms with Crippen molar-refractivity contribution in [2.75, 3.05) is 37.2 Å². The quantitative estimate of drug-likeness (QED) is 0.432. The van der Waals surface area contributed by atoms with Crippen molar-refractivity contribution in [3.05, 3.63) is 70.1 Å². The molecule has 0 bridgehead atoms. The summed E-state index contributed by atoms with van der Waals surface area (Å²) in [5.41, 5.74) is 6.30. The smallest absolute Gasteiger partial charge is 0.251 e. The van der Waals surface area contributed by atoms with Gasteiger partial charge in [0.05, 0.1) is 5.56 Å². The maximum Gasteiger partial charge on any atom is 0.251 e. The molecule has 2 aromatic carbocycles. The van der Waals surface area contributed by atoms with Crippen molar-refractivity contribution in [1.29, 1.82) is 0 Å². The van der Waals surface area contributed by atoms with Crippen LogP contribution < -0.4 is 16.4 Å². The second-order valence-electron chi connectivity index (χ2n) is 7.67. The number of hydrogen-bond acceptors (Lipinski definition) is 7. The van der Waals surface area contributed by atoms with Gasteiger partial charge in [0, 0.05) is 24.3 Å². The number of ketones is 1. The largest absolute Gasteiger partial charge is 0.382 e. The molecule has 10 heteroatoms. The van der Waals surface area contributed by atoms with Crippen molar-refractivity contribution in [2.45, 2.75) is 12.8 Å². The Hall–Kier alpha value is -3.37. The van der Waals surface area contributed by atoms with E-state index >= 15 is 0 Å². The number of rotatable bonds is 8. The number of likely N-dealkylation sites (tertiary alicyclic amines) is 1. The fraction of sp³-hybridized carbons (Fsp3) is 0.261. The Morgan fingerprint density at radius 2 is 1.73 bits per heavy atom. The van der Waals surface area contributed by atoms with Gasteiger partial charge in [-0.1, -0.05) is 17.4 Å². The van der Waals surface area contributed by atoms with E-state index in [-0.39, 0.29) is 21.7 Å². The summed E-state index contributed by atoms with van der Waals surface area (Å²) in [6, 6.07) is 9.95. The van der Waals surface area contributed by atoms with Crippen LogP contribution in [0.1, 0.15) is 38.4 Å². The molecule has 0 spiro atoms. The summed E-state index contributed by atoms with van der Waals surface area (Å²) >= 11 is 0.894. The standard InChI is InChI=1S/C23H23F2N5O2S/c24-16-4-3-5-17(25)18(16)19(31)20-21(26)29-23(33-20)28-15-8-6-14(7-9-15)22(32)27-10-13-30-11-1-2-12-30/h3-9H,1-2,10-13,26H2,(H,27,32)(H,28,29). The first-order valence-corrected chi connectivity index (χ1v) is 11.4. The molecule has 2 heterocycles. The molecule has 0 radical (unpaired) electrons. The van der Waals surface area contributed by atoms with Gasteiger partial charge in [-0.15, -0.1) is 0 Å². The number of aromatic nitrogens is 1. The highest BCUT2D eigenvalue weighted by Gasteiger charge is 2.24. The highest BCUT2D eigenvalue weighted by molar-refractivity contribution is 7.18. The van der Waals surface area contributed by atoms with Crippen molar-refractivity contribution >= 4 is 39.7 Å². The molecule has 1 fully saturated rings. The molecule has 1 saturated heterocycles. The molecule has 1 aliphatic heterocycles. The third-order valence-corrected chi connectivity index (χ3v) is 6.35. The van der Waals surface area contributed by atoms with Crippen molar-refractivity contribution in [1.82, 2.24) is 15.2 Å². The van der Waals surface area contributed by atoms with E-state index in [1.54, 1.807) is 24.3 Å². The van der Waals surface area contributed by atoms with Crippen LogP contribution in [0.25, 0.3) is 0 Å². The molecule has 33 heavy (non-hydrogen) atoms. The monoisotopic (exact) mass is 471 g/mol. The normalized spacial score (nSPS) is 13.8. The Morgan fingerprint density at radius 3 is 2.39 bits per heavy atom. The first-order valence-electron chi connectivity index (χ1n) is 10.5. The molecular formula is C23H23F2N5O2S. The Labute approximate surface area is 193 Å². The zero-order valence-corrected chi connectivity index (χ0v) is 18.6. The molecule has 7 nitrogen and oxygen atoms in total. The highest BCUT2D eigenvalue weighted by atomic mass is 32.1. The second kappa shape index (κ2) is 10.1. The first kappa shape index (κ1) is 22.8. The minimum atomic E-state index is -0.961. The van der Waals surface area contributed by atoms with Crippen LogP contribution in [0.15, 0.2) is 42.5 Å². The van der Waals surface area contributed by atoms with Crippen molar-refractivity contribution < 1.29 is 18.4 Å². The maximum absolute atomic E-state index is 14.0. The summed E-state index contributed by atoms with van der Waals surface area (Å²) in [5.74, 6) is -3.06. The lowest BCUT2D eigenvalue weighted by Gasteiger charge is -2.14. The van der Waals surface area contributed by atoms with Crippen molar-refractivity contribution in [3.63, 3.8) is 0 Å². The number of anilines is 3. The van der Waals surface area contributed by atoms with Crippen LogP contribution in [-0.2, 0) is 0 Å². The summed E-state index contributed by atoms with van der Waals surface area (Å²) in [6.07, 6.45) is 2.42. The van der Waals surface area contributed by atoms with Crippen LogP contribution in [0.5, 0.6) is 0 Å². The lowest BCUT2D eigenvalue weighted by atomic mass is 10.1. The number of carbonyl (C=O) groups is 2. The van der Waals surface area contributed by atoms with Gasteiger partial charge in [-0.2, -0.15) is 0 Å². The van der Waals surface area contributed by atoms with Crippen LogP contribution in [0.2, 0.25) is 0 Å². The average Bonchev–Trinajstić information content (AvgIpc) is 3.43. The Morgan fingerprint density at radius 1 is 1.06 bits per heavy atom. The van der Waals surface area contributed by atoms with E-state index in [0.29, 0.717) is 17.8 Å². The number of nitrogens with one attached hydrogen (secondary N) is 2. The van der Waals surface area contributed by atoms with E-state index in [9.17, 15) is 18.4 Å². The minimum absolute atomic E-state index is 0.0597. The Bertz CT molecular complexity index is 1140.